The van der Waals surface area contributed by atoms with Gasteiger partial charge in [0.1, 0.15) is 5.54 Å². The molecule has 19 heavy (non-hydrogen) atoms. The first-order valence-corrected chi connectivity index (χ1v) is 7.34. The van der Waals surface area contributed by atoms with Crippen molar-refractivity contribution >= 4 is 17.7 Å². The lowest BCUT2D eigenvalue weighted by atomic mass is 9.88. The molecule has 1 aliphatic rings. The van der Waals surface area contributed by atoms with Crippen LogP contribution in [0.4, 0.5) is 0 Å². The van der Waals surface area contributed by atoms with Gasteiger partial charge in [-0.15, -0.1) is 0 Å². The lowest BCUT2D eigenvalue weighted by molar-refractivity contribution is -0.147. The van der Waals surface area contributed by atoms with Gasteiger partial charge in [0.05, 0.1) is 25.6 Å². The second-order valence-corrected chi connectivity index (χ2v) is 6.02. The van der Waals surface area contributed by atoms with E-state index < -0.39 is 5.54 Å². The molecule has 1 unspecified atom stereocenters. The van der Waals surface area contributed by atoms with Crippen molar-refractivity contribution in [3.05, 3.63) is 35.9 Å². The van der Waals surface area contributed by atoms with E-state index in [1.165, 1.54) is 7.11 Å². The fourth-order valence-corrected chi connectivity index (χ4v) is 3.14. The summed E-state index contributed by atoms with van der Waals surface area (Å²) in [6.45, 7) is 1.59. The van der Waals surface area contributed by atoms with Crippen LogP contribution in [-0.2, 0) is 19.8 Å². The van der Waals surface area contributed by atoms with Crippen molar-refractivity contribution in [2.75, 3.05) is 26.1 Å². The van der Waals surface area contributed by atoms with Crippen LogP contribution in [0.25, 0.3) is 0 Å². The highest BCUT2D eigenvalue weighted by atomic mass is 32.2. The third-order valence-corrected chi connectivity index (χ3v) is 4.48. The first-order valence-electron chi connectivity index (χ1n) is 6.29. The van der Waals surface area contributed by atoms with E-state index in [9.17, 15) is 4.79 Å². The predicted octanol–water partition coefficient (Wildman–Crippen LogP) is 1.54. The lowest BCUT2D eigenvalue weighted by Crippen LogP contribution is -2.46. The number of ether oxygens (including phenoxy) is 2. The van der Waals surface area contributed by atoms with E-state index in [1.807, 2.05) is 30.3 Å². The maximum absolute atomic E-state index is 12.0. The Morgan fingerprint density at radius 2 is 2.16 bits per heavy atom. The minimum atomic E-state index is -1.06. The van der Waals surface area contributed by atoms with Crippen LogP contribution < -0.4 is 5.73 Å². The summed E-state index contributed by atoms with van der Waals surface area (Å²) >= 11 is 1.80. The van der Waals surface area contributed by atoms with Gasteiger partial charge in [-0.1, -0.05) is 30.3 Å². The summed E-state index contributed by atoms with van der Waals surface area (Å²) in [5, 5.41) is 0.540. The molecule has 0 bridgehead atoms. The van der Waals surface area contributed by atoms with Crippen molar-refractivity contribution in [3.63, 3.8) is 0 Å². The van der Waals surface area contributed by atoms with Gasteiger partial charge in [0.25, 0.3) is 0 Å². The van der Waals surface area contributed by atoms with E-state index in [-0.39, 0.29) is 5.97 Å². The minimum absolute atomic E-state index is 0.385. The number of carbonyl (C=O) groups excluding carboxylic acids is 1. The summed E-state index contributed by atoms with van der Waals surface area (Å²) in [5.41, 5.74) is 6.04. The van der Waals surface area contributed by atoms with E-state index in [2.05, 4.69) is 0 Å². The van der Waals surface area contributed by atoms with Crippen molar-refractivity contribution in [3.8, 4) is 0 Å². The Morgan fingerprint density at radius 1 is 1.47 bits per heavy atom. The lowest BCUT2D eigenvalue weighted by Gasteiger charge is -2.29. The molecule has 0 amide bonds. The topological polar surface area (TPSA) is 61.5 Å². The van der Waals surface area contributed by atoms with Crippen molar-refractivity contribution in [1.82, 2.24) is 0 Å². The van der Waals surface area contributed by atoms with Crippen LogP contribution in [0.15, 0.2) is 30.3 Å². The number of benzene rings is 1. The molecule has 104 valence electrons. The van der Waals surface area contributed by atoms with Gasteiger partial charge in [-0.25, -0.2) is 4.79 Å². The molecule has 1 saturated heterocycles. The highest BCUT2D eigenvalue weighted by Crippen LogP contribution is 2.28. The summed E-state index contributed by atoms with van der Waals surface area (Å²) in [4.78, 5) is 12.0. The highest BCUT2D eigenvalue weighted by molar-refractivity contribution is 8.00. The van der Waals surface area contributed by atoms with Gasteiger partial charge < -0.3 is 15.2 Å². The second kappa shape index (κ2) is 6.41. The monoisotopic (exact) mass is 281 g/mol. The molecule has 0 saturated carbocycles. The van der Waals surface area contributed by atoms with Crippen molar-refractivity contribution in [2.24, 2.45) is 5.73 Å². The summed E-state index contributed by atoms with van der Waals surface area (Å²) in [6, 6.07) is 9.41. The number of hydrogen-bond acceptors (Lipinski definition) is 5. The fraction of sp³-hybridized carbons (Fsp3) is 0.500. The van der Waals surface area contributed by atoms with E-state index in [1.54, 1.807) is 11.8 Å². The molecule has 1 aromatic rings. The fourth-order valence-electron chi connectivity index (χ4n) is 1.98. The van der Waals surface area contributed by atoms with Crippen LogP contribution in [0.3, 0.4) is 0 Å². The zero-order valence-corrected chi connectivity index (χ0v) is 11.8. The molecule has 4 nitrogen and oxygen atoms in total. The predicted molar refractivity (Wildman–Crippen MR) is 76.0 cm³/mol. The van der Waals surface area contributed by atoms with Crippen LogP contribution in [0, 0.1) is 0 Å². The van der Waals surface area contributed by atoms with Crippen molar-refractivity contribution in [2.45, 2.75) is 17.2 Å². The maximum Gasteiger partial charge on any atom is 0.330 e. The average molecular weight is 281 g/mol. The smallest absolute Gasteiger partial charge is 0.330 e. The van der Waals surface area contributed by atoms with Gasteiger partial charge in [0, 0.05) is 0 Å². The Kier molecular flexibility index (Phi) is 4.85. The number of carbonyl (C=O) groups is 1. The third kappa shape index (κ3) is 3.29. The first-order chi connectivity index (χ1) is 9.16. The van der Waals surface area contributed by atoms with Gasteiger partial charge >= 0.3 is 5.97 Å². The molecule has 5 heteroatoms. The van der Waals surface area contributed by atoms with Crippen LogP contribution in [0.1, 0.15) is 12.0 Å². The number of methoxy groups -OCH3 is 1. The molecule has 0 spiro atoms. The van der Waals surface area contributed by atoms with Crippen LogP contribution in [0.5, 0.6) is 0 Å². The summed E-state index contributed by atoms with van der Waals surface area (Å²) < 4.78 is 10.00. The normalized spacial score (nSPS) is 18.4. The first kappa shape index (κ1) is 14.4. The highest BCUT2D eigenvalue weighted by Gasteiger charge is 2.37. The molecular weight excluding hydrogens is 262 g/mol. The number of esters is 1. The minimum Gasteiger partial charge on any atom is -0.467 e. The van der Waals surface area contributed by atoms with Crippen LogP contribution >= 0.6 is 11.8 Å². The molecule has 1 aromatic carbocycles. The number of rotatable bonds is 6. The van der Waals surface area contributed by atoms with Gasteiger partial charge in [0.2, 0.25) is 0 Å². The van der Waals surface area contributed by atoms with Crippen molar-refractivity contribution < 1.29 is 14.3 Å². The van der Waals surface area contributed by atoms with E-state index in [4.69, 9.17) is 15.2 Å². The van der Waals surface area contributed by atoms with Crippen LogP contribution in [-0.4, -0.2) is 37.3 Å². The van der Waals surface area contributed by atoms with Gasteiger partial charge in [0.15, 0.2) is 0 Å². The molecular formula is C14H19NO3S. The third-order valence-electron chi connectivity index (χ3n) is 3.30. The molecule has 1 heterocycles. The molecule has 1 atom stereocenters. The van der Waals surface area contributed by atoms with Crippen LogP contribution in [0.2, 0.25) is 0 Å². The molecule has 1 fully saturated rings. The summed E-state index contributed by atoms with van der Waals surface area (Å²) in [7, 11) is 1.37. The molecule has 0 aliphatic carbocycles. The average Bonchev–Trinajstić information content (AvgIpc) is 2.41. The Bertz CT molecular complexity index is 422. The number of thioether (sulfide) groups is 1. The zero-order chi connectivity index (χ0) is 13.7. The van der Waals surface area contributed by atoms with Gasteiger partial charge in [-0.3, -0.25) is 0 Å². The summed E-state index contributed by atoms with van der Waals surface area (Å²) in [5.74, 6) is 0.429. The Morgan fingerprint density at radius 3 is 2.68 bits per heavy atom. The van der Waals surface area contributed by atoms with Crippen molar-refractivity contribution in [1.29, 1.82) is 0 Å². The Labute approximate surface area is 117 Å². The Balaban J connectivity index is 2.03. The largest absolute Gasteiger partial charge is 0.467 e. The molecule has 2 rings (SSSR count). The van der Waals surface area contributed by atoms with E-state index in [0.717, 1.165) is 24.5 Å². The Hall–Kier alpha value is -1.04. The second-order valence-electron chi connectivity index (χ2n) is 4.61. The quantitative estimate of drug-likeness (QED) is 0.801. The maximum atomic E-state index is 12.0. The van der Waals surface area contributed by atoms with Gasteiger partial charge in [-0.05, 0) is 17.7 Å². The molecule has 0 radical (unpaired) electrons. The molecule has 2 N–H and O–H groups in total. The van der Waals surface area contributed by atoms with E-state index in [0.29, 0.717) is 11.7 Å². The number of hydrogen-bond donors (Lipinski definition) is 1. The summed E-state index contributed by atoms with van der Waals surface area (Å²) in [6.07, 6.45) is 0.560. The standard InChI is InChI=1S/C14H19NO3S/c1-17-13(16)14(15,11-5-3-2-4-6-11)7-8-19-12-9-18-10-12/h2-6,12H,7-10,15H2,1H3. The number of nitrogens with two attached hydrogens (primary N) is 1. The zero-order valence-electron chi connectivity index (χ0n) is 11.0. The molecule has 1 aliphatic heterocycles. The van der Waals surface area contributed by atoms with Gasteiger partial charge in [-0.2, -0.15) is 11.8 Å². The molecule has 0 aromatic heterocycles. The SMILES string of the molecule is COC(=O)C(N)(CCSC1COC1)c1ccccc1. The van der Waals surface area contributed by atoms with E-state index >= 15 is 0 Å².